The van der Waals surface area contributed by atoms with Crippen LogP contribution in [0.3, 0.4) is 0 Å². The number of amides is 1. The van der Waals surface area contributed by atoms with Crippen molar-refractivity contribution in [3.05, 3.63) is 56.1 Å². The number of methoxy groups -OCH3 is 2. The van der Waals surface area contributed by atoms with Crippen LogP contribution in [-0.2, 0) is 16.0 Å². The van der Waals surface area contributed by atoms with Gasteiger partial charge in [0.15, 0.2) is 5.76 Å². The number of ether oxygens (including phenoxy) is 2. The van der Waals surface area contributed by atoms with Gasteiger partial charge in [-0.15, -0.1) is 11.3 Å². The molecule has 0 aliphatic carbocycles. The predicted molar refractivity (Wildman–Crippen MR) is 114 cm³/mol. The molecule has 11 heteroatoms. The fraction of sp³-hybridized carbons (Fsp3) is 0.300. The number of carbonyl (C=O) groups excluding carboxylic acids is 3. The monoisotopic (exact) mass is 465 g/mol. The Balaban J connectivity index is 1.84. The second-order valence-electron chi connectivity index (χ2n) is 6.61. The summed E-state index contributed by atoms with van der Waals surface area (Å²) in [6, 6.07) is 3.16. The van der Waals surface area contributed by atoms with Crippen LogP contribution in [0.5, 0.6) is 0 Å². The number of anilines is 1. The smallest absolute Gasteiger partial charge is 0.348 e. The van der Waals surface area contributed by atoms with Gasteiger partial charge in [0.2, 0.25) is 0 Å². The van der Waals surface area contributed by atoms with Crippen LogP contribution in [0.25, 0.3) is 0 Å². The molecule has 3 aromatic heterocycles. The van der Waals surface area contributed by atoms with Gasteiger partial charge < -0.3 is 19.2 Å². The third-order valence-corrected chi connectivity index (χ3v) is 6.35. The number of aryl methyl sites for hydroxylation is 1. The molecule has 0 radical (unpaired) electrons. The summed E-state index contributed by atoms with van der Waals surface area (Å²) in [6.45, 7) is 5.52. The number of hydrogen-bond donors (Lipinski definition) is 1. The summed E-state index contributed by atoms with van der Waals surface area (Å²) in [5.74, 6) is -1.35. The lowest BCUT2D eigenvalue weighted by atomic mass is 10.1. The SMILES string of the molecule is COC(=O)c1sc(NC(=O)c2ccc(Cn3nc(C)c(Cl)c3C)o2)c(C(=O)OC)c1C. The van der Waals surface area contributed by atoms with E-state index in [1.807, 2.05) is 6.92 Å². The van der Waals surface area contributed by atoms with E-state index in [2.05, 4.69) is 10.4 Å². The van der Waals surface area contributed by atoms with Gasteiger partial charge in [-0.05, 0) is 38.5 Å². The molecule has 0 fully saturated rings. The first-order valence-corrected chi connectivity index (χ1v) is 10.3. The van der Waals surface area contributed by atoms with E-state index in [-0.39, 0.29) is 21.2 Å². The molecule has 0 aliphatic heterocycles. The third-order valence-electron chi connectivity index (χ3n) is 4.62. The van der Waals surface area contributed by atoms with Gasteiger partial charge in [0.05, 0.1) is 42.7 Å². The number of thiophene rings is 1. The zero-order chi connectivity index (χ0) is 22.9. The molecule has 9 nitrogen and oxygen atoms in total. The van der Waals surface area contributed by atoms with E-state index in [4.69, 9.17) is 25.5 Å². The molecule has 1 N–H and O–H groups in total. The molecular formula is C20H20ClN3O6S. The average molecular weight is 466 g/mol. The Bertz CT molecular complexity index is 1180. The van der Waals surface area contributed by atoms with E-state index in [9.17, 15) is 14.4 Å². The Morgan fingerprint density at radius 3 is 2.42 bits per heavy atom. The molecule has 0 spiro atoms. The molecule has 3 aromatic rings. The van der Waals surface area contributed by atoms with Crippen LogP contribution in [0, 0.1) is 20.8 Å². The second kappa shape index (κ2) is 8.94. The van der Waals surface area contributed by atoms with Crippen molar-refractivity contribution in [1.29, 1.82) is 0 Å². The third kappa shape index (κ3) is 4.35. The maximum Gasteiger partial charge on any atom is 0.348 e. The van der Waals surface area contributed by atoms with E-state index in [1.54, 1.807) is 24.6 Å². The van der Waals surface area contributed by atoms with Crippen LogP contribution in [0.15, 0.2) is 16.5 Å². The topological polar surface area (TPSA) is 113 Å². The summed E-state index contributed by atoms with van der Waals surface area (Å²) in [5, 5.41) is 7.70. The molecule has 0 atom stereocenters. The van der Waals surface area contributed by atoms with Crippen LogP contribution in [0.2, 0.25) is 5.02 Å². The molecular weight excluding hydrogens is 446 g/mol. The van der Waals surface area contributed by atoms with Crippen molar-refractivity contribution in [2.45, 2.75) is 27.3 Å². The predicted octanol–water partition coefficient (Wildman–Crippen LogP) is 3.99. The van der Waals surface area contributed by atoms with Gasteiger partial charge in [-0.25, -0.2) is 9.59 Å². The van der Waals surface area contributed by atoms with Crippen LogP contribution in [0.1, 0.15) is 53.3 Å². The number of rotatable bonds is 6. The minimum Gasteiger partial charge on any atom is -0.465 e. The number of esters is 2. The normalized spacial score (nSPS) is 10.8. The second-order valence-corrected chi connectivity index (χ2v) is 8.00. The molecule has 0 saturated heterocycles. The highest BCUT2D eigenvalue weighted by atomic mass is 35.5. The van der Waals surface area contributed by atoms with E-state index in [0.29, 0.717) is 28.6 Å². The molecule has 0 saturated carbocycles. The average Bonchev–Trinajstić information content (AvgIpc) is 3.41. The number of carbonyl (C=O) groups is 3. The number of furan rings is 1. The molecule has 0 aliphatic rings. The number of hydrogen-bond acceptors (Lipinski definition) is 8. The Morgan fingerprint density at radius 1 is 1.16 bits per heavy atom. The summed E-state index contributed by atoms with van der Waals surface area (Å²) < 4.78 is 16.8. The molecule has 31 heavy (non-hydrogen) atoms. The molecule has 1 amide bonds. The maximum absolute atomic E-state index is 12.7. The quantitative estimate of drug-likeness (QED) is 0.547. The molecule has 3 heterocycles. The standard InChI is InChI=1S/C20H20ClN3O6S/c1-9-14(19(26)28-4)18(31-16(9)20(27)29-5)22-17(25)13-7-6-12(30-13)8-24-11(3)15(21)10(2)23-24/h6-7H,8H2,1-5H3,(H,22,25). The van der Waals surface area contributed by atoms with Crippen LogP contribution in [-0.4, -0.2) is 41.8 Å². The van der Waals surface area contributed by atoms with Crippen molar-refractivity contribution in [3.63, 3.8) is 0 Å². The van der Waals surface area contributed by atoms with Gasteiger partial charge in [-0.3, -0.25) is 9.48 Å². The lowest BCUT2D eigenvalue weighted by Crippen LogP contribution is -2.13. The lowest BCUT2D eigenvalue weighted by molar-refractivity contribution is 0.0601. The Morgan fingerprint density at radius 2 is 1.84 bits per heavy atom. The summed E-state index contributed by atoms with van der Waals surface area (Å²) in [5.41, 5.74) is 1.94. The van der Waals surface area contributed by atoms with Crippen molar-refractivity contribution >= 4 is 45.8 Å². The Hall–Kier alpha value is -3.11. The molecule has 3 rings (SSSR count). The zero-order valence-corrected chi connectivity index (χ0v) is 19.1. The number of halogens is 1. The van der Waals surface area contributed by atoms with Crippen molar-refractivity contribution in [3.8, 4) is 0 Å². The van der Waals surface area contributed by atoms with Gasteiger partial charge in [0, 0.05) is 0 Å². The minimum absolute atomic E-state index is 0.0316. The first kappa shape index (κ1) is 22.6. The highest BCUT2D eigenvalue weighted by Crippen LogP contribution is 2.34. The summed E-state index contributed by atoms with van der Waals surface area (Å²) in [6.07, 6.45) is 0. The molecule has 0 aromatic carbocycles. The number of nitrogens with zero attached hydrogens (tertiary/aromatic N) is 2. The van der Waals surface area contributed by atoms with E-state index in [1.165, 1.54) is 20.3 Å². The van der Waals surface area contributed by atoms with Crippen LogP contribution < -0.4 is 5.32 Å². The first-order chi connectivity index (χ1) is 14.7. The van der Waals surface area contributed by atoms with Gasteiger partial charge in [0.25, 0.3) is 5.91 Å². The van der Waals surface area contributed by atoms with Crippen molar-refractivity contribution < 1.29 is 28.3 Å². The molecule has 0 bridgehead atoms. The lowest BCUT2D eigenvalue weighted by Gasteiger charge is -2.05. The van der Waals surface area contributed by atoms with Crippen molar-refractivity contribution in [1.82, 2.24) is 9.78 Å². The maximum atomic E-state index is 12.7. The minimum atomic E-state index is -0.680. The van der Waals surface area contributed by atoms with E-state index in [0.717, 1.165) is 17.0 Å². The van der Waals surface area contributed by atoms with Gasteiger partial charge in [-0.2, -0.15) is 5.10 Å². The van der Waals surface area contributed by atoms with Gasteiger partial charge in [-0.1, -0.05) is 11.6 Å². The number of nitrogens with one attached hydrogen (secondary N) is 1. The Kier molecular flexibility index (Phi) is 6.51. The van der Waals surface area contributed by atoms with E-state index >= 15 is 0 Å². The first-order valence-electron chi connectivity index (χ1n) is 9.07. The highest BCUT2D eigenvalue weighted by Gasteiger charge is 2.27. The number of aromatic nitrogens is 2. The van der Waals surface area contributed by atoms with Crippen molar-refractivity contribution in [2.24, 2.45) is 0 Å². The highest BCUT2D eigenvalue weighted by molar-refractivity contribution is 7.18. The van der Waals surface area contributed by atoms with Gasteiger partial charge >= 0.3 is 11.9 Å². The fourth-order valence-corrected chi connectivity index (χ4v) is 4.21. The molecule has 164 valence electrons. The largest absolute Gasteiger partial charge is 0.465 e. The zero-order valence-electron chi connectivity index (χ0n) is 17.5. The summed E-state index contributed by atoms with van der Waals surface area (Å²) in [7, 11) is 2.45. The van der Waals surface area contributed by atoms with Crippen molar-refractivity contribution in [2.75, 3.05) is 19.5 Å². The summed E-state index contributed by atoms with van der Waals surface area (Å²) in [4.78, 5) is 37.1. The van der Waals surface area contributed by atoms with Crippen LogP contribution >= 0.6 is 22.9 Å². The van der Waals surface area contributed by atoms with E-state index < -0.39 is 17.8 Å². The van der Waals surface area contributed by atoms with Crippen LogP contribution in [0.4, 0.5) is 5.00 Å². The Labute approximate surface area is 186 Å². The summed E-state index contributed by atoms with van der Waals surface area (Å²) >= 11 is 7.09. The fourth-order valence-electron chi connectivity index (χ4n) is 2.96. The van der Waals surface area contributed by atoms with Gasteiger partial charge in [0.1, 0.15) is 15.6 Å². The molecule has 0 unspecified atom stereocenters.